The number of nitrogen functional groups attached to an aromatic ring is 1. The predicted octanol–water partition coefficient (Wildman–Crippen LogP) is 2.28. The topological polar surface area (TPSA) is 55.1 Å². The number of nitrogens with two attached hydrogens (primary N) is 1. The number of hydrogen-bond acceptors (Lipinski definition) is 2. The molecule has 0 fully saturated rings. The van der Waals surface area contributed by atoms with Gasteiger partial charge in [0, 0.05) is 12.2 Å². The summed E-state index contributed by atoms with van der Waals surface area (Å²) in [5.74, 6) is 0.0502. The molecule has 0 unspecified atom stereocenters. The van der Waals surface area contributed by atoms with Crippen LogP contribution in [0.15, 0.2) is 36.9 Å². The van der Waals surface area contributed by atoms with Crippen molar-refractivity contribution < 1.29 is 4.79 Å². The Kier molecular flexibility index (Phi) is 5.86. The van der Waals surface area contributed by atoms with E-state index in [0.717, 1.165) is 31.4 Å². The third-order valence-electron chi connectivity index (χ3n) is 2.47. The monoisotopic (exact) mass is 232 g/mol. The van der Waals surface area contributed by atoms with Crippen molar-refractivity contribution in [2.75, 3.05) is 12.3 Å². The molecule has 92 valence electrons. The van der Waals surface area contributed by atoms with Gasteiger partial charge < -0.3 is 11.1 Å². The van der Waals surface area contributed by atoms with Crippen molar-refractivity contribution in [1.82, 2.24) is 5.32 Å². The fourth-order valence-electron chi connectivity index (χ4n) is 1.59. The van der Waals surface area contributed by atoms with Crippen molar-refractivity contribution in [3.8, 4) is 0 Å². The van der Waals surface area contributed by atoms with Crippen LogP contribution in [-0.2, 0) is 11.2 Å². The van der Waals surface area contributed by atoms with Gasteiger partial charge in [-0.1, -0.05) is 18.2 Å². The van der Waals surface area contributed by atoms with Crippen LogP contribution in [0, 0.1) is 0 Å². The van der Waals surface area contributed by atoms with Crippen molar-refractivity contribution in [3.05, 3.63) is 42.5 Å². The van der Waals surface area contributed by atoms with Gasteiger partial charge in [-0.2, -0.15) is 0 Å². The summed E-state index contributed by atoms with van der Waals surface area (Å²) in [5.41, 5.74) is 7.30. The Bertz CT molecular complexity index is 374. The lowest BCUT2D eigenvalue weighted by atomic mass is 10.1. The van der Waals surface area contributed by atoms with Gasteiger partial charge in [0.25, 0.3) is 0 Å². The number of rotatable bonds is 7. The van der Waals surface area contributed by atoms with Gasteiger partial charge in [-0.05, 0) is 37.0 Å². The number of hydrogen-bond donors (Lipinski definition) is 2. The van der Waals surface area contributed by atoms with Crippen LogP contribution < -0.4 is 11.1 Å². The van der Waals surface area contributed by atoms with Crippen LogP contribution in [0.2, 0.25) is 0 Å². The number of unbranched alkanes of at least 4 members (excludes halogenated alkanes) is 2. The molecule has 0 saturated heterocycles. The van der Waals surface area contributed by atoms with Crippen LogP contribution >= 0.6 is 0 Å². The molecule has 0 aliphatic rings. The highest BCUT2D eigenvalue weighted by molar-refractivity contribution is 5.78. The third-order valence-corrected chi connectivity index (χ3v) is 2.47. The zero-order valence-electron chi connectivity index (χ0n) is 10.1. The molecule has 1 amide bonds. The standard InChI is InChI=1S/C14H20N2O/c1-2-3-4-5-9-16-14(17)11-12-7-6-8-13(15)10-12/h2,6-8,10H,1,3-5,9,11,15H2,(H,16,17). The first-order chi connectivity index (χ1) is 8.22. The Labute approximate surface area is 103 Å². The van der Waals surface area contributed by atoms with E-state index in [4.69, 9.17) is 5.73 Å². The quantitative estimate of drug-likeness (QED) is 0.430. The molecule has 1 aromatic rings. The second-order valence-corrected chi connectivity index (χ2v) is 4.06. The first kappa shape index (κ1) is 13.3. The predicted molar refractivity (Wildman–Crippen MR) is 71.6 cm³/mol. The fraction of sp³-hybridized carbons (Fsp3) is 0.357. The molecule has 17 heavy (non-hydrogen) atoms. The Morgan fingerprint density at radius 1 is 1.41 bits per heavy atom. The third kappa shape index (κ3) is 5.76. The number of amides is 1. The minimum atomic E-state index is 0.0502. The molecule has 0 heterocycles. The van der Waals surface area contributed by atoms with Crippen LogP contribution in [0.4, 0.5) is 5.69 Å². The van der Waals surface area contributed by atoms with E-state index in [9.17, 15) is 4.79 Å². The highest BCUT2D eigenvalue weighted by atomic mass is 16.1. The average Bonchev–Trinajstić information content (AvgIpc) is 2.29. The van der Waals surface area contributed by atoms with E-state index in [1.165, 1.54) is 0 Å². The van der Waals surface area contributed by atoms with Gasteiger partial charge in [0.2, 0.25) is 5.91 Å². The molecule has 0 spiro atoms. The first-order valence-corrected chi connectivity index (χ1v) is 5.94. The van der Waals surface area contributed by atoms with Crippen molar-refractivity contribution in [2.24, 2.45) is 0 Å². The van der Waals surface area contributed by atoms with Crippen LogP contribution in [0.5, 0.6) is 0 Å². The van der Waals surface area contributed by atoms with Gasteiger partial charge in [-0.25, -0.2) is 0 Å². The molecule has 1 aromatic carbocycles. The van der Waals surface area contributed by atoms with E-state index in [2.05, 4.69) is 11.9 Å². The highest BCUT2D eigenvalue weighted by Crippen LogP contribution is 2.06. The number of nitrogens with one attached hydrogen (secondary N) is 1. The van der Waals surface area contributed by atoms with Gasteiger partial charge in [0.05, 0.1) is 6.42 Å². The van der Waals surface area contributed by atoms with Crippen molar-refractivity contribution in [1.29, 1.82) is 0 Å². The van der Waals surface area contributed by atoms with Crippen LogP contribution in [-0.4, -0.2) is 12.5 Å². The second-order valence-electron chi connectivity index (χ2n) is 4.06. The summed E-state index contributed by atoms with van der Waals surface area (Å²) in [6.07, 6.45) is 5.36. The summed E-state index contributed by atoms with van der Waals surface area (Å²) in [5, 5.41) is 2.90. The van der Waals surface area contributed by atoms with Gasteiger partial charge in [0.15, 0.2) is 0 Å². The van der Waals surface area contributed by atoms with Gasteiger partial charge in [-0.15, -0.1) is 6.58 Å². The maximum absolute atomic E-state index is 11.6. The molecule has 3 nitrogen and oxygen atoms in total. The summed E-state index contributed by atoms with van der Waals surface area (Å²) in [4.78, 5) is 11.6. The SMILES string of the molecule is C=CCCCCNC(=O)Cc1cccc(N)c1. The van der Waals surface area contributed by atoms with Crippen molar-refractivity contribution >= 4 is 11.6 Å². The Morgan fingerprint density at radius 2 is 2.24 bits per heavy atom. The first-order valence-electron chi connectivity index (χ1n) is 5.94. The summed E-state index contributed by atoms with van der Waals surface area (Å²) in [7, 11) is 0. The maximum Gasteiger partial charge on any atom is 0.224 e. The van der Waals surface area contributed by atoms with E-state index < -0.39 is 0 Å². The van der Waals surface area contributed by atoms with E-state index in [1.54, 1.807) is 0 Å². The molecule has 1 rings (SSSR count). The van der Waals surface area contributed by atoms with E-state index >= 15 is 0 Å². The molecule has 0 aliphatic heterocycles. The smallest absolute Gasteiger partial charge is 0.224 e. The lowest BCUT2D eigenvalue weighted by molar-refractivity contribution is -0.120. The molecule has 0 bridgehead atoms. The summed E-state index contributed by atoms with van der Waals surface area (Å²) in [6.45, 7) is 4.39. The van der Waals surface area contributed by atoms with E-state index in [0.29, 0.717) is 12.1 Å². The van der Waals surface area contributed by atoms with Crippen LogP contribution in [0.1, 0.15) is 24.8 Å². The summed E-state index contributed by atoms with van der Waals surface area (Å²) < 4.78 is 0. The maximum atomic E-state index is 11.6. The molecular weight excluding hydrogens is 212 g/mol. The Hall–Kier alpha value is -1.77. The molecule has 0 radical (unpaired) electrons. The Morgan fingerprint density at radius 3 is 2.94 bits per heavy atom. The number of benzene rings is 1. The molecule has 0 aromatic heterocycles. The highest BCUT2D eigenvalue weighted by Gasteiger charge is 2.02. The fourth-order valence-corrected chi connectivity index (χ4v) is 1.59. The van der Waals surface area contributed by atoms with Gasteiger partial charge in [0.1, 0.15) is 0 Å². The lowest BCUT2D eigenvalue weighted by Gasteiger charge is -2.05. The van der Waals surface area contributed by atoms with Crippen molar-refractivity contribution in [3.63, 3.8) is 0 Å². The van der Waals surface area contributed by atoms with Crippen molar-refractivity contribution in [2.45, 2.75) is 25.7 Å². The average molecular weight is 232 g/mol. The summed E-state index contributed by atoms with van der Waals surface area (Å²) >= 11 is 0. The largest absolute Gasteiger partial charge is 0.399 e. The van der Waals surface area contributed by atoms with E-state index in [1.807, 2.05) is 30.3 Å². The minimum absolute atomic E-state index is 0.0502. The van der Waals surface area contributed by atoms with Gasteiger partial charge in [-0.3, -0.25) is 4.79 Å². The normalized spacial score (nSPS) is 9.88. The van der Waals surface area contributed by atoms with Gasteiger partial charge >= 0.3 is 0 Å². The number of allylic oxidation sites excluding steroid dienone is 1. The molecule has 3 N–H and O–H groups in total. The number of anilines is 1. The molecule has 3 heteroatoms. The van der Waals surface area contributed by atoms with Crippen LogP contribution in [0.3, 0.4) is 0 Å². The van der Waals surface area contributed by atoms with Crippen LogP contribution in [0.25, 0.3) is 0 Å². The minimum Gasteiger partial charge on any atom is -0.399 e. The zero-order chi connectivity index (χ0) is 12.5. The lowest BCUT2D eigenvalue weighted by Crippen LogP contribution is -2.26. The number of carbonyl (C=O) groups is 1. The summed E-state index contributed by atoms with van der Waals surface area (Å²) in [6, 6.07) is 7.42. The molecular formula is C14H20N2O. The second kappa shape index (κ2) is 7.49. The number of carbonyl (C=O) groups excluding carboxylic acids is 1. The molecule has 0 aliphatic carbocycles. The van der Waals surface area contributed by atoms with E-state index in [-0.39, 0.29) is 5.91 Å². The Balaban J connectivity index is 2.23. The molecule has 0 saturated carbocycles. The molecule has 0 atom stereocenters. The zero-order valence-corrected chi connectivity index (χ0v) is 10.1.